The van der Waals surface area contributed by atoms with Crippen LogP contribution in [-0.2, 0) is 0 Å². The van der Waals surface area contributed by atoms with E-state index in [2.05, 4.69) is 10.6 Å². The number of amides is 3. The predicted octanol–water partition coefficient (Wildman–Crippen LogP) is 7.78. The van der Waals surface area contributed by atoms with Crippen molar-refractivity contribution < 1.29 is 19.1 Å². The number of benzene rings is 4. The molecule has 0 unspecified atom stereocenters. The molecule has 0 spiro atoms. The van der Waals surface area contributed by atoms with Gasteiger partial charge >= 0.3 is 6.03 Å². The molecule has 4 aromatic rings. The van der Waals surface area contributed by atoms with E-state index in [-0.39, 0.29) is 5.56 Å². The third kappa shape index (κ3) is 5.93. The van der Waals surface area contributed by atoms with Crippen LogP contribution >= 0.6 is 11.6 Å². The van der Waals surface area contributed by atoms with Crippen LogP contribution in [0.1, 0.15) is 28.4 Å². The molecule has 0 saturated carbocycles. The highest BCUT2D eigenvalue weighted by molar-refractivity contribution is 6.33. The second-order valence-corrected chi connectivity index (χ2v) is 8.69. The smallest absolute Gasteiger partial charge is 0.326 e. The summed E-state index contributed by atoms with van der Waals surface area (Å²) in [6.07, 6.45) is 0. The first kappa shape index (κ1) is 25.8. The minimum atomic E-state index is -0.682. The lowest BCUT2D eigenvalue weighted by atomic mass is 10.0. The van der Waals surface area contributed by atoms with E-state index in [0.29, 0.717) is 40.1 Å². The predicted molar refractivity (Wildman–Crippen MR) is 147 cm³/mol. The maximum absolute atomic E-state index is 12.7. The first-order chi connectivity index (χ1) is 17.9. The van der Waals surface area contributed by atoms with E-state index in [0.717, 1.165) is 16.7 Å². The molecule has 0 atom stereocenters. The Morgan fingerprint density at radius 2 is 1.51 bits per heavy atom. The van der Waals surface area contributed by atoms with Crippen LogP contribution in [0.3, 0.4) is 0 Å². The van der Waals surface area contributed by atoms with Crippen molar-refractivity contribution >= 4 is 29.2 Å². The number of para-hydroxylation sites is 2. The van der Waals surface area contributed by atoms with Gasteiger partial charge in [-0.15, -0.1) is 0 Å². The average Bonchev–Trinajstić information content (AvgIpc) is 2.91. The number of anilines is 1. The molecule has 0 aliphatic rings. The number of hydrogen-bond donors (Lipinski definition) is 2. The molecule has 3 amide bonds. The molecule has 0 saturated heterocycles. The van der Waals surface area contributed by atoms with Crippen LogP contribution in [0.4, 0.5) is 10.5 Å². The quantitative estimate of drug-likeness (QED) is 0.264. The highest BCUT2D eigenvalue weighted by atomic mass is 35.5. The standard InChI is InChI=1S/C30H27ClN2O4/c1-4-36-25-16-10-9-15-23(25)29(34)33-30(35)32-24-18-19(2)28(27(31)20(24)3)37-26-17-11-8-14-22(26)21-12-6-5-7-13-21/h5-18H,4H2,1-3H3,(H2,32,33,34,35). The van der Waals surface area contributed by atoms with Crippen LogP contribution < -0.4 is 20.1 Å². The topological polar surface area (TPSA) is 76.7 Å². The number of urea groups is 1. The van der Waals surface area contributed by atoms with E-state index in [1.54, 1.807) is 37.3 Å². The van der Waals surface area contributed by atoms with Crippen molar-refractivity contribution in [3.05, 3.63) is 107 Å². The highest BCUT2D eigenvalue weighted by Crippen LogP contribution is 2.41. The molecule has 0 fully saturated rings. The van der Waals surface area contributed by atoms with Gasteiger partial charge in [0.25, 0.3) is 5.91 Å². The van der Waals surface area contributed by atoms with Gasteiger partial charge in [0, 0.05) is 11.3 Å². The van der Waals surface area contributed by atoms with Crippen molar-refractivity contribution in [2.45, 2.75) is 20.8 Å². The van der Waals surface area contributed by atoms with E-state index in [1.165, 1.54) is 0 Å². The second-order valence-electron chi connectivity index (χ2n) is 8.31. The van der Waals surface area contributed by atoms with Crippen molar-refractivity contribution in [3.63, 3.8) is 0 Å². The van der Waals surface area contributed by atoms with Crippen LogP contribution in [0, 0.1) is 13.8 Å². The van der Waals surface area contributed by atoms with Crippen LogP contribution in [0.2, 0.25) is 5.02 Å². The van der Waals surface area contributed by atoms with E-state index >= 15 is 0 Å². The number of nitrogens with one attached hydrogen (secondary N) is 2. The number of ether oxygens (including phenoxy) is 2. The van der Waals surface area contributed by atoms with Gasteiger partial charge in [-0.3, -0.25) is 10.1 Å². The molecule has 188 valence electrons. The lowest BCUT2D eigenvalue weighted by Crippen LogP contribution is -2.34. The Hall–Kier alpha value is -4.29. The first-order valence-electron chi connectivity index (χ1n) is 11.8. The molecule has 37 heavy (non-hydrogen) atoms. The van der Waals surface area contributed by atoms with Gasteiger partial charge in [0.05, 0.1) is 17.2 Å². The summed E-state index contributed by atoms with van der Waals surface area (Å²) in [5, 5.41) is 5.43. The fourth-order valence-corrected chi connectivity index (χ4v) is 4.18. The number of hydrogen-bond acceptors (Lipinski definition) is 4. The number of carbonyl (C=O) groups is 2. The number of carbonyl (C=O) groups excluding carboxylic acids is 2. The molecular weight excluding hydrogens is 488 g/mol. The molecule has 7 heteroatoms. The maximum atomic E-state index is 12.7. The lowest BCUT2D eigenvalue weighted by molar-refractivity contribution is 0.0963. The molecule has 2 N–H and O–H groups in total. The SMILES string of the molecule is CCOc1ccccc1C(=O)NC(=O)Nc1cc(C)c(Oc2ccccc2-c2ccccc2)c(Cl)c1C. The summed E-state index contributed by atoms with van der Waals surface area (Å²) in [5.41, 5.74) is 4.03. The number of aryl methyl sites for hydroxylation is 1. The zero-order chi connectivity index (χ0) is 26.4. The van der Waals surface area contributed by atoms with Crippen molar-refractivity contribution in [1.82, 2.24) is 5.32 Å². The number of halogens is 1. The van der Waals surface area contributed by atoms with Crippen LogP contribution in [-0.4, -0.2) is 18.5 Å². The van der Waals surface area contributed by atoms with Gasteiger partial charge < -0.3 is 14.8 Å². The van der Waals surface area contributed by atoms with Gasteiger partial charge in [-0.05, 0) is 61.7 Å². The molecule has 4 rings (SSSR count). The third-order valence-electron chi connectivity index (χ3n) is 5.74. The molecule has 0 radical (unpaired) electrons. The fraction of sp³-hybridized carbons (Fsp3) is 0.133. The largest absolute Gasteiger partial charge is 0.493 e. The van der Waals surface area contributed by atoms with Crippen LogP contribution in [0.25, 0.3) is 11.1 Å². The normalized spacial score (nSPS) is 10.5. The monoisotopic (exact) mass is 514 g/mol. The minimum absolute atomic E-state index is 0.270. The van der Waals surface area contributed by atoms with Crippen LogP contribution in [0.15, 0.2) is 84.9 Å². The molecule has 6 nitrogen and oxygen atoms in total. The molecule has 4 aromatic carbocycles. The van der Waals surface area contributed by atoms with Crippen molar-refractivity contribution in [1.29, 1.82) is 0 Å². The average molecular weight is 515 g/mol. The first-order valence-corrected chi connectivity index (χ1v) is 12.2. The molecule has 0 aliphatic heterocycles. The maximum Gasteiger partial charge on any atom is 0.326 e. The minimum Gasteiger partial charge on any atom is -0.493 e. The summed E-state index contributed by atoms with van der Waals surface area (Å²) >= 11 is 6.71. The Morgan fingerprint density at radius 3 is 2.24 bits per heavy atom. The molecule has 0 aliphatic carbocycles. The van der Waals surface area contributed by atoms with Gasteiger partial charge in [0.2, 0.25) is 0 Å². The van der Waals surface area contributed by atoms with Gasteiger partial charge in [0.1, 0.15) is 17.2 Å². The Kier molecular flexibility index (Phi) is 8.11. The summed E-state index contributed by atoms with van der Waals surface area (Å²) in [5.74, 6) is 0.993. The lowest BCUT2D eigenvalue weighted by Gasteiger charge is -2.18. The van der Waals surface area contributed by atoms with E-state index in [4.69, 9.17) is 21.1 Å². The van der Waals surface area contributed by atoms with Gasteiger partial charge in [-0.1, -0.05) is 72.3 Å². The highest BCUT2D eigenvalue weighted by Gasteiger charge is 2.19. The molecule has 0 heterocycles. The Bertz CT molecular complexity index is 1440. The summed E-state index contributed by atoms with van der Waals surface area (Å²) in [6.45, 7) is 5.85. The fourth-order valence-electron chi connectivity index (χ4n) is 3.89. The second kappa shape index (κ2) is 11.6. The number of rotatable bonds is 7. The van der Waals surface area contributed by atoms with Gasteiger partial charge in [-0.2, -0.15) is 0 Å². The summed E-state index contributed by atoms with van der Waals surface area (Å²) in [6, 6.07) is 25.5. The Morgan fingerprint density at radius 1 is 0.865 bits per heavy atom. The molecule has 0 bridgehead atoms. The van der Waals surface area contributed by atoms with E-state index in [1.807, 2.05) is 68.4 Å². The van der Waals surface area contributed by atoms with Gasteiger partial charge in [0.15, 0.2) is 0 Å². The molecule has 0 aromatic heterocycles. The zero-order valence-electron chi connectivity index (χ0n) is 20.8. The van der Waals surface area contributed by atoms with E-state index in [9.17, 15) is 9.59 Å². The van der Waals surface area contributed by atoms with Crippen LogP contribution in [0.5, 0.6) is 17.2 Å². The third-order valence-corrected chi connectivity index (χ3v) is 6.20. The summed E-state index contributed by atoms with van der Waals surface area (Å²) in [7, 11) is 0. The van der Waals surface area contributed by atoms with Crippen molar-refractivity contribution in [3.8, 4) is 28.4 Å². The zero-order valence-corrected chi connectivity index (χ0v) is 21.6. The molecular formula is C30H27ClN2O4. The van der Waals surface area contributed by atoms with Crippen molar-refractivity contribution in [2.24, 2.45) is 0 Å². The summed E-state index contributed by atoms with van der Waals surface area (Å²) in [4.78, 5) is 25.3. The van der Waals surface area contributed by atoms with Crippen molar-refractivity contribution in [2.75, 3.05) is 11.9 Å². The number of imide groups is 1. The van der Waals surface area contributed by atoms with E-state index < -0.39 is 11.9 Å². The Labute approximate surface area is 221 Å². The Balaban J connectivity index is 1.54. The van der Waals surface area contributed by atoms with Gasteiger partial charge in [-0.25, -0.2) is 4.79 Å². The summed E-state index contributed by atoms with van der Waals surface area (Å²) < 4.78 is 11.8.